The number of carbonyl (C=O) groups excluding carboxylic acids is 1. The van der Waals surface area contributed by atoms with E-state index < -0.39 is 0 Å². The smallest absolute Gasteiger partial charge is 0.171 e. The number of pyridine rings is 1. The average Bonchev–Trinajstić information content (AvgIpc) is 2.89. The largest absolute Gasteiger partial charge is 0.294 e. The van der Waals surface area contributed by atoms with Gasteiger partial charge in [0.2, 0.25) is 0 Å². The number of nitrogens with zero attached hydrogens (tertiary/aromatic N) is 2. The molecule has 1 aromatic carbocycles. The molecule has 0 fully saturated rings. The van der Waals surface area contributed by atoms with E-state index in [1.807, 2.05) is 24.3 Å². The highest BCUT2D eigenvalue weighted by molar-refractivity contribution is 9.10. The summed E-state index contributed by atoms with van der Waals surface area (Å²) in [6.45, 7) is 1.55. The third kappa shape index (κ3) is 2.19. The minimum absolute atomic E-state index is 0.0399. The minimum Gasteiger partial charge on any atom is -0.294 e. The highest BCUT2D eigenvalue weighted by Gasteiger charge is 2.12. The van der Waals surface area contributed by atoms with Crippen LogP contribution in [0.5, 0.6) is 0 Å². The van der Waals surface area contributed by atoms with Crippen LogP contribution < -0.4 is 0 Å². The van der Waals surface area contributed by atoms with Gasteiger partial charge in [-0.05, 0) is 18.2 Å². The maximum atomic E-state index is 11.4. The van der Waals surface area contributed by atoms with E-state index in [4.69, 9.17) is 0 Å². The molecule has 0 saturated heterocycles. The molecule has 0 N–H and O–H groups in total. The second kappa shape index (κ2) is 4.83. The molecule has 0 aliphatic rings. The van der Waals surface area contributed by atoms with Gasteiger partial charge >= 0.3 is 0 Å². The Kier molecular flexibility index (Phi) is 3.16. The molecule has 3 rings (SSSR count). The van der Waals surface area contributed by atoms with Gasteiger partial charge < -0.3 is 0 Å². The van der Waals surface area contributed by atoms with Gasteiger partial charge in [0, 0.05) is 34.7 Å². The van der Waals surface area contributed by atoms with E-state index in [2.05, 4.69) is 25.9 Å². The number of thiazole rings is 1. The van der Waals surface area contributed by atoms with Crippen LogP contribution in [0, 0.1) is 0 Å². The third-order valence-electron chi connectivity index (χ3n) is 2.80. The van der Waals surface area contributed by atoms with Crippen molar-refractivity contribution in [3.05, 3.63) is 46.0 Å². The second-order valence-corrected chi connectivity index (χ2v) is 5.97. The van der Waals surface area contributed by atoms with Gasteiger partial charge in [-0.15, -0.1) is 11.3 Å². The van der Waals surface area contributed by atoms with Crippen molar-refractivity contribution in [1.29, 1.82) is 0 Å². The molecule has 3 aromatic rings. The van der Waals surface area contributed by atoms with Crippen LogP contribution in [-0.2, 0) is 0 Å². The van der Waals surface area contributed by atoms with E-state index in [1.54, 1.807) is 19.3 Å². The van der Waals surface area contributed by atoms with Crippen LogP contribution in [-0.4, -0.2) is 15.8 Å². The molecular weight excluding hydrogens is 324 g/mol. The number of benzene rings is 1. The molecule has 0 amide bonds. The molecule has 0 aliphatic heterocycles. The predicted octanol–water partition coefficient (Wildman–Crippen LogP) is 4.32. The fraction of sp³-hybridized carbons (Fsp3) is 0.0714. The van der Waals surface area contributed by atoms with Crippen molar-refractivity contribution in [2.45, 2.75) is 6.92 Å². The van der Waals surface area contributed by atoms with Crippen molar-refractivity contribution < 1.29 is 4.79 Å². The maximum Gasteiger partial charge on any atom is 0.171 e. The Hall–Kier alpha value is -1.59. The van der Waals surface area contributed by atoms with Gasteiger partial charge in [-0.1, -0.05) is 22.0 Å². The lowest BCUT2D eigenvalue weighted by molar-refractivity contribution is 0.102. The van der Waals surface area contributed by atoms with Gasteiger partial charge in [0.05, 0.1) is 10.4 Å². The maximum absolute atomic E-state index is 11.4. The number of hydrogen-bond donors (Lipinski definition) is 0. The minimum atomic E-state index is 0.0399. The summed E-state index contributed by atoms with van der Waals surface area (Å²) in [5.41, 5.74) is 1.85. The van der Waals surface area contributed by atoms with Crippen molar-refractivity contribution in [2.24, 2.45) is 0 Å². The summed E-state index contributed by atoms with van der Waals surface area (Å²) < 4.78 is 1.00. The van der Waals surface area contributed by atoms with Crippen LogP contribution >= 0.6 is 27.3 Å². The van der Waals surface area contributed by atoms with Crippen molar-refractivity contribution in [3.8, 4) is 10.6 Å². The molecule has 5 heteroatoms. The first-order valence-corrected chi connectivity index (χ1v) is 7.28. The topological polar surface area (TPSA) is 42.9 Å². The Bertz CT molecular complexity index is 782. The van der Waals surface area contributed by atoms with Gasteiger partial charge in [0.1, 0.15) is 5.01 Å². The summed E-state index contributed by atoms with van der Waals surface area (Å²) in [7, 11) is 0. The lowest BCUT2D eigenvalue weighted by atomic mass is 10.1. The van der Waals surface area contributed by atoms with Gasteiger partial charge in [-0.3, -0.25) is 9.78 Å². The first kappa shape index (κ1) is 12.4. The zero-order valence-corrected chi connectivity index (χ0v) is 12.5. The van der Waals surface area contributed by atoms with Crippen LogP contribution in [0.25, 0.3) is 21.5 Å². The standard InChI is InChI=1S/C14H9BrN2OS/c1-8(18)12-7-17-14(19-12)10-4-5-11(15)9-3-2-6-16-13(9)10/h2-7H,1H3. The van der Waals surface area contributed by atoms with Gasteiger partial charge in [0.15, 0.2) is 5.78 Å². The molecule has 0 atom stereocenters. The molecule has 19 heavy (non-hydrogen) atoms. The number of rotatable bonds is 2. The van der Waals surface area contributed by atoms with Crippen LogP contribution in [0.3, 0.4) is 0 Å². The summed E-state index contributed by atoms with van der Waals surface area (Å²) in [5.74, 6) is 0.0399. The van der Waals surface area contributed by atoms with E-state index in [9.17, 15) is 4.79 Å². The van der Waals surface area contributed by atoms with Crippen LogP contribution in [0.15, 0.2) is 41.1 Å². The number of ketones is 1. The summed E-state index contributed by atoms with van der Waals surface area (Å²) in [6.07, 6.45) is 3.39. The normalized spacial score (nSPS) is 10.8. The van der Waals surface area contributed by atoms with E-state index in [0.717, 1.165) is 25.9 Å². The van der Waals surface area contributed by atoms with E-state index in [1.165, 1.54) is 11.3 Å². The second-order valence-electron chi connectivity index (χ2n) is 4.08. The average molecular weight is 333 g/mol. The number of hydrogen-bond acceptors (Lipinski definition) is 4. The Morgan fingerprint density at radius 3 is 2.84 bits per heavy atom. The SMILES string of the molecule is CC(=O)c1cnc(-c2ccc(Br)c3cccnc23)s1. The van der Waals surface area contributed by atoms with Crippen LogP contribution in [0.2, 0.25) is 0 Å². The first-order valence-electron chi connectivity index (χ1n) is 5.67. The number of carbonyl (C=O) groups is 1. The van der Waals surface area contributed by atoms with Crippen LogP contribution in [0.4, 0.5) is 0 Å². The molecule has 2 heterocycles. The van der Waals surface area contributed by atoms with Crippen molar-refractivity contribution >= 4 is 44.0 Å². The Morgan fingerprint density at radius 2 is 2.11 bits per heavy atom. The fourth-order valence-corrected chi connectivity index (χ4v) is 3.16. The molecule has 0 saturated carbocycles. The highest BCUT2D eigenvalue weighted by Crippen LogP contribution is 2.33. The van der Waals surface area contributed by atoms with Crippen molar-refractivity contribution in [2.75, 3.05) is 0 Å². The van der Waals surface area contributed by atoms with E-state index >= 15 is 0 Å². The molecule has 0 radical (unpaired) electrons. The van der Waals surface area contributed by atoms with Gasteiger partial charge in [-0.2, -0.15) is 0 Å². The van der Waals surface area contributed by atoms with Crippen molar-refractivity contribution in [1.82, 2.24) is 9.97 Å². The molecule has 0 spiro atoms. The third-order valence-corrected chi connectivity index (χ3v) is 4.62. The molecule has 0 aliphatic carbocycles. The first-order chi connectivity index (χ1) is 9.16. The molecule has 3 nitrogen and oxygen atoms in total. The van der Waals surface area contributed by atoms with E-state index in [-0.39, 0.29) is 5.78 Å². The highest BCUT2D eigenvalue weighted by atomic mass is 79.9. The van der Waals surface area contributed by atoms with Gasteiger partial charge in [0.25, 0.3) is 0 Å². The summed E-state index contributed by atoms with van der Waals surface area (Å²) in [5, 5.41) is 1.86. The van der Waals surface area contributed by atoms with Crippen molar-refractivity contribution in [3.63, 3.8) is 0 Å². The van der Waals surface area contributed by atoms with Gasteiger partial charge in [-0.25, -0.2) is 4.98 Å². The number of halogens is 1. The van der Waals surface area contributed by atoms with E-state index in [0.29, 0.717) is 4.88 Å². The summed E-state index contributed by atoms with van der Waals surface area (Å²) in [6, 6.07) is 7.87. The molecular formula is C14H9BrN2OS. The quantitative estimate of drug-likeness (QED) is 0.656. The Balaban J connectivity index is 2.24. The number of aromatic nitrogens is 2. The molecule has 2 aromatic heterocycles. The molecule has 0 unspecified atom stereocenters. The summed E-state index contributed by atoms with van der Waals surface area (Å²) in [4.78, 5) is 20.8. The lowest BCUT2D eigenvalue weighted by Gasteiger charge is -2.04. The molecule has 94 valence electrons. The van der Waals surface area contributed by atoms with Crippen LogP contribution in [0.1, 0.15) is 16.6 Å². The molecule has 0 bridgehead atoms. The number of fused-ring (bicyclic) bond motifs is 1. The lowest BCUT2D eigenvalue weighted by Crippen LogP contribution is -1.84. The fourth-order valence-electron chi connectivity index (χ4n) is 1.87. The zero-order valence-electron chi connectivity index (χ0n) is 10.1. The Morgan fingerprint density at radius 1 is 1.26 bits per heavy atom. The Labute approximate surface area is 122 Å². The number of Topliss-reactive ketones (excluding diaryl/α,β-unsaturated/α-hetero) is 1. The zero-order chi connectivity index (χ0) is 13.4. The monoisotopic (exact) mass is 332 g/mol. The predicted molar refractivity (Wildman–Crippen MR) is 80.6 cm³/mol. The summed E-state index contributed by atoms with van der Waals surface area (Å²) >= 11 is 4.92.